The molecule has 5 nitrogen and oxygen atoms in total. The summed E-state index contributed by atoms with van der Waals surface area (Å²) in [6, 6.07) is 9.53. The Morgan fingerprint density at radius 1 is 1.29 bits per heavy atom. The summed E-state index contributed by atoms with van der Waals surface area (Å²) in [7, 11) is 0. The summed E-state index contributed by atoms with van der Waals surface area (Å²) in [5.41, 5.74) is 1.84. The van der Waals surface area contributed by atoms with Crippen LogP contribution in [0.25, 0.3) is 10.9 Å². The molecule has 126 valence electrons. The Balaban J connectivity index is 1.90. The Kier molecular flexibility index (Phi) is 4.26. The Labute approximate surface area is 141 Å². The third-order valence-corrected chi connectivity index (χ3v) is 4.39. The fourth-order valence-corrected chi connectivity index (χ4v) is 2.83. The molecule has 1 heterocycles. The van der Waals surface area contributed by atoms with Gasteiger partial charge in [0.25, 0.3) is 5.91 Å². The molecule has 0 radical (unpaired) electrons. The van der Waals surface area contributed by atoms with Gasteiger partial charge in [-0.05, 0) is 45.2 Å². The largest absolute Gasteiger partial charge is 0.481 e. The lowest BCUT2D eigenvalue weighted by Gasteiger charge is -2.26. The van der Waals surface area contributed by atoms with Crippen molar-refractivity contribution >= 4 is 22.8 Å². The fraction of sp³-hybridized carbons (Fsp3) is 0.421. The van der Waals surface area contributed by atoms with Gasteiger partial charge in [0.15, 0.2) is 0 Å². The van der Waals surface area contributed by atoms with Gasteiger partial charge in [-0.25, -0.2) is 0 Å². The van der Waals surface area contributed by atoms with E-state index in [9.17, 15) is 9.59 Å². The summed E-state index contributed by atoms with van der Waals surface area (Å²) in [4.78, 5) is 28.3. The number of hydrogen-bond acceptors (Lipinski definition) is 3. The minimum Gasteiger partial charge on any atom is -0.481 e. The second-order valence-electron chi connectivity index (χ2n) is 7.12. The van der Waals surface area contributed by atoms with Crippen molar-refractivity contribution in [3.63, 3.8) is 0 Å². The zero-order chi connectivity index (χ0) is 17.3. The third kappa shape index (κ3) is 3.72. The third-order valence-electron chi connectivity index (χ3n) is 4.39. The predicted octanol–water partition coefficient (Wildman–Crippen LogP) is 3.49. The lowest BCUT2D eigenvalue weighted by molar-refractivity contribution is -0.137. The molecule has 0 unspecified atom stereocenters. The molecule has 1 amide bonds. The van der Waals surface area contributed by atoms with E-state index in [1.807, 2.05) is 44.2 Å². The summed E-state index contributed by atoms with van der Waals surface area (Å²) in [5.74, 6) is -0.574. The van der Waals surface area contributed by atoms with E-state index >= 15 is 0 Å². The molecule has 1 aliphatic rings. The van der Waals surface area contributed by atoms with E-state index in [4.69, 9.17) is 5.11 Å². The van der Waals surface area contributed by atoms with Gasteiger partial charge in [-0.2, -0.15) is 0 Å². The first kappa shape index (κ1) is 16.4. The maximum absolute atomic E-state index is 12.8. The van der Waals surface area contributed by atoms with Crippen LogP contribution in [-0.4, -0.2) is 27.5 Å². The molecule has 24 heavy (non-hydrogen) atoms. The number of rotatable bonds is 6. The average Bonchev–Trinajstić information content (AvgIpc) is 3.36. The van der Waals surface area contributed by atoms with E-state index in [2.05, 4.69) is 10.3 Å². The number of carboxylic acid groups (broad SMARTS) is 1. The molecule has 0 spiro atoms. The predicted molar refractivity (Wildman–Crippen MR) is 92.1 cm³/mol. The van der Waals surface area contributed by atoms with Crippen LogP contribution in [0.1, 0.15) is 61.5 Å². The molecule has 0 saturated heterocycles. The molecule has 0 aliphatic heterocycles. The highest BCUT2D eigenvalue weighted by molar-refractivity contribution is 6.06. The zero-order valence-electron chi connectivity index (χ0n) is 14.0. The number of hydrogen-bond donors (Lipinski definition) is 2. The fourth-order valence-electron chi connectivity index (χ4n) is 2.83. The van der Waals surface area contributed by atoms with Crippen molar-refractivity contribution in [2.24, 2.45) is 0 Å². The lowest BCUT2D eigenvalue weighted by atomic mass is 9.97. The number of pyridine rings is 1. The first-order valence-electron chi connectivity index (χ1n) is 8.30. The zero-order valence-corrected chi connectivity index (χ0v) is 14.0. The van der Waals surface area contributed by atoms with Crippen molar-refractivity contribution in [3.8, 4) is 0 Å². The summed E-state index contributed by atoms with van der Waals surface area (Å²) in [6.45, 7) is 3.69. The first-order chi connectivity index (χ1) is 11.4. The van der Waals surface area contributed by atoms with E-state index in [-0.39, 0.29) is 12.3 Å². The number of fused-ring (bicyclic) bond motifs is 1. The molecule has 2 aromatic rings. The van der Waals surface area contributed by atoms with Gasteiger partial charge in [-0.3, -0.25) is 14.6 Å². The highest BCUT2D eigenvalue weighted by Gasteiger charge is 2.28. The second kappa shape index (κ2) is 6.23. The first-order valence-corrected chi connectivity index (χ1v) is 8.30. The van der Waals surface area contributed by atoms with Crippen molar-refractivity contribution in [1.82, 2.24) is 10.3 Å². The van der Waals surface area contributed by atoms with Crippen LogP contribution in [0.4, 0.5) is 0 Å². The SMILES string of the molecule is CC(C)(CCC(=O)O)NC(=O)c1cc(C2CC2)nc2ccccc12. The van der Waals surface area contributed by atoms with Crippen LogP contribution in [-0.2, 0) is 4.79 Å². The van der Waals surface area contributed by atoms with Crippen LogP contribution in [0.3, 0.4) is 0 Å². The number of benzene rings is 1. The minimum absolute atomic E-state index is 0.0255. The van der Waals surface area contributed by atoms with Gasteiger partial charge in [0.2, 0.25) is 0 Å². The summed E-state index contributed by atoms with van der Waals surface area (Å²) < 4.78 is 0. The van der Waals surface area contributed by atoms with Gasteiger partial charge >= 0.3 is 5.97 Å². The monoisotopic (exact) mass is 326 g/mol. The standard InChI is InChI=1S/C19H22N2O3/c1-19(2,10-9-17(22)23)21-18(24)14-11-16(12-7-8-12)20-15-6-4-3-5-13(14)15/h3-6,11-12H,7-10H2,1-2H3,(H,21,24)(H,22,23). The van der Waals surface area contributed by atoms with Crippen molar-refractivity contribution in [3.05, 3.63) is 41.6 Å². The van der Waals surface area contributed by atoms with E-state index in [1.165, 1.54) is 0 Å². The van der Waals surface area contributed by atoms with Crippen molar-refractivity contribution < 1.29 is 14.7 Å². The number of nitrogens with one attached hydrogen (secondary N) is 1. The number of aromatic nitrogens is 1. The smallest absolute Gasteiger partial charge is 0.303 e. The van der Waals surface area contributed by atoms with Crippen LogP contribution >= 0.6 is 0 Å². The molecule has 1 fully saturated rings. The molecule has 0 atom stereocenters. The molecule has 1 aromatic carbocycles. The lowest BCUT2D eigenvalue weighted by Crippen LogP contribution is -2.43. The van der Waals surface area contributed by atoms with Gasteiger partial charge in [0.1, 0.15) is 0 Å². The topological polar surface area (TPSA) is 79.3 Å². The van der Waals surface area contributed by atoms with Crippen LogP contribution in [0.5, 0.6) is 0 Å². The van der Waals surface area contributed by atoms with Gasteiger partial charge < -0.3 is 10.4 Å². The van der Waals surface area contributed by atoms with Crippen LogP contribution < -0.4 is 5.32 Å². The molecular formula is C19H22N2O3. The van der Waals surface area contributed by atoms with Crippen molar-refractivity contribution in [2.45, 2.75) is 51.0 Å². The van der Waals surface area contributed by atoms with Crippen LogP contribution in [0.2, 0.25) is 0 Å². The molecular weight excluding hydrogens is 304 g/mol. The molecule has 1 aliphatic carbocycles. The number of carbonyl (C=O) groups excluding carboxylic acids is 1. The maximum atomic E-state index is 12.8. The highest BCUT2D eigenvalue weighted by Crippen LogP contribution is 2.40. The quantitative estimate of drug-likeness (QED) is 0.851. The number of carbonyl (C=O) groups is 2. The summed E-state index contributed by atoms with van der Waals surface area (Å²) in [5, 5.41) is 12.7. The van der Waals surface area contributed by atoms with E-state index in [0.29, 0.717) is 17.9 Å². The second-order valence-corrected chi connectivity index (χ2v) is 7.12. The van der Waals surface area contributed by atoms with Crippen LogP contribution in [0, 0.1) is 0 Å². The Morgan fingerprint density at radius 2 is 2.00 bits per heavy atom. The number of carboxylic acids is 1. The molecule has 0 bridgehead atoms. The molecule has 5 heteroatoms. The maximum Gasteiger partial charge on any atom is 0.303 e. The van der Waals surface area contributed by atoms with E-state index < -0.39 is 11.5 Å². The normalized spacial score (nSPS) is 14.6. The number of nitrogens with zero attached hydrogens (tertiary/aromatic N) is 1. The van der Waals surface area contributed by atoms with Gasteiger partial charge in [-0.15, -0.1) is 0 Å². The van der Waals surface area contributed by atoms with Crippen molar-refractivity contribution in [2.75, 3.05) is 0 Å². The van der Waals surface area contributed by atoms with Gasteiger partial charge in [-0.1, -0.05) is 18.2 Å². The average molecular weight is 326 g/mol. The van der Waals surface area contributed by atoms with Crippen molar-refractivity contribution in [1.29, 1.82) is 0 Å². The number of para-hydroxylation sites is 1. The van der Waals surface area contributed by atoms with Gasteiger partial charge in [0, 0.05) is 29.0 Å². The number of aliphatic carboxylic acids is 1. The molecule has 2 N–H and O–H groups in total. The Morgan fingerprint density at radius 3 is 2.67 bits per heavy atom. The molecule has 1 aromatic heterocycles. The summed E-state index contributed by atoms with van der Waals surface area (Å²) in [6.07, 6.45) is 2.65. The summed E-state index contributed by atoms with van der Waals surface area (Å²) >= 11 is 0. The van der Waals surface area contributed by atoms with E-state index in [1.54, 1.807) is 0 Å². The molecule has 1 saturated carbocycles. The Bertz CT molecular complexity index is 794. The minimum atomic E-state index is -0.859. The molecule has 3 rings (SSSR count). The van der Waals surface area contributed by atoms with Gasteiger partial charge in [0.05, 0.1) is 11.1 Å². The highest BCUT2D eigenvalue weighted by atomic mass is 16.4. The van der Waals surface area contributed by atoms with Crippen LogP contribution in [0.15, 0.2) is 30.3 Å². The number of amides is 1. The Hall–Kier alpha value is -2.43. The van der Waals surface area contributed by atoms with E-state index in [0.717, 1.165) is 29.4 Å².